The molecule has 0 aliphatic heterocycles. The summed E-state index contributed by atoms with van der Waals surface area (Å²) in [5.74, 6) is -1.58. The standard InChI is InChI=1S/C81H142O16P2/c1-4-7-10-13-16-19-22-25-28-29-30-31-32-33-34-35-36-37-38-39-40-41-42-43-44-45-48-50-52-55-58-61-64-67-79(84)91-70-76(82)71-93-98(87,88)94-72-77(83)73-95-99(89,90)96-75-78(97-81(86)69-66-63-60-57-54-51-47-27-24-21-18-15-12-9-6-3)74-92-80(85)68-65-62-59-56-53-49-46-26-23-20-17-14-11-8-5-2/h7-8,10-11,16-17,19-20,25-26,28,30-31,33-34,36-37,46,76-78,82-83H,4-6,9,12-15,18,21-24,27,29,32,35,38-45,47-75H2,1-3H3,(H,87,88)(H,89,90)/b10-7-,11-8-,19-16-,20-17-,28-25-,31-30-,34-33-,37-36-,46-26-. The van der Waals surface area contributed by atoms with Gasteiger partial charge in [-0.3, -0.25) is 32.5 Å². The van der Waals surface area contributed by atoms with Crippen LogP contribution in [-0.4, -0.2) is 95.9 Å². The van der Waals surface area contributed by atoms with Crippen LogP contribution >= 0.6 is 15.6 Å². The maximum absolute atomic E-state index is 12.9. The molecule has 0 amide bonds. The molecule has 0 bridgehead atoms. The molecular formula is C81H142O16P2. The minimum Gasteiger partial charge on any atom is -0.463 e. The highest BCUT2D eigenvalue weighted by Crippen LogP contribution is 2.45. The first-order chi connectivity index (χ1) is 48.2. The molecule has 5 atom stereocenters. The van der Waals surface area contributed by atoms with Gasteiger partial charge in [0.25, 0.3) is 0 Å². The number of esters is 3. The van der Waals surface area contributed by atoms with Crippen molar-refractivity contribution in [3.63, 3.8) is 0 Å². The summed E-state index contributed by atoms with van der Waals surface area (Å²) in [6.07, 6.45) is 85.8. The Bertz CT molecular complexity index is 2240. The van der Waals surface area contributed by atoms with Gasteiger partial charge in [-0.1, -0.05) is 316 Å². The molecule has 18 heteroatoms. The third kappa shape index (κ3) is 75.2. The molecule has 0 rings (SSSR count). The zero-order chi connectivity index (χ0) is 72.3. The van der Waals surface area contributed by atoms with Crippen molar-refractivity contribution in [1.29, 1.82) is 0 Å². The van der Waals surface area contributed by atoms with E-state index in [1.54, 1.807) is 0 Å². The van der Waals surface area contributed by atoms with E-state index in [-0.39, 0.29) is 19.3 Å². The van der Waals surface area contributed by atoms with Crippen LogP contribution < -0.4 is 0 Å². The molecule has 0 fully saturated rings. The van der Waals surface area contributed by atoms with Crippen LogP contribution in [0.4, 0.5) is 0 Å². The highest BCUT2D eigenvalue weighted by Gasteiger charge is 2.29. The van der Waals surface area contributed by atoms with Gasteiger partial charge >= 0.3 is 33.6 Å². The highest BCUT2D eigenvalue weighted by atomic mass is 31.2. The van der Waals surface area contributed by atoms with Crippen molar-refractivity contribution in [3.05, 3.63) is 109 Å². The van der Waals surface area contributed by atoms with Crippen LogP contribution in [-0.2, 0) is 55.8 Å². The number of hydrogen-bond donors (Lipinski definition) is 4. The van der Waals surface area contributed by atoms with Gasteiger partial charge in [0.1, 0.15) is 25.4 Å². The summed E-state index contributed by atoms with van der Waals surface area (Å²) in [6, 6.07) is 0. The van der Waals surface area contributed by atoms with E-state index in [0.717, 1.165) is 141 Å². The summed E-state index contributed by atoms with van der Waals surface area (Å²) in [4.78, 5) is 58.5. The number of unbranched alkanes of at least 4 members (excludes halogenated alkanes) is 33. The summed E-state index contributed by atoms with van der Waals surface area (Å²) < 4.78 is 61.1. The molecule has 4 N–H and O–H groups in total. The quantitative estimate of drug-likeness (QED) is 0.0146. The number of aliphatic hydroxyl groups excluding tert-OH is 2. The van der Waals surface area contributed by atoms with Crippen molar-refractivity contribution in [2.45, 2.75) is 347 Å². The van der Waals surface area contributed by atoms with E-state index in [4.69, 9.17) is 32.3 Å². The summed E-state index contributed by atoms with van der Waals surface area (Å²) in [6.45, 7) is 2.47. The lowest BCUT2D eigenvalue weighted by molar-refractivity contribution is -0.161. The van der Waals surface area contributed by atoms with Crippen molar-refractivity contribution in [3.8, 4) is 0 Å². The predicted molar refractivity (Wildman–Crippen MR) is 408 cm³/mol. The predicted octanol–water partition coefficient (Wildman–Crippen LogP) is 22.8. The second kappa shape index (κ2) is 73.9. The van der Waals surface area contributed by atoms with Crippen LogP contribution in [0.3, 0.4) is 0 Å². The Hall–Kier alpha value is -3.79. The summed E-state index contributed by atoms with van der Waals surface area (Å²) in [5.41, 5.74) is 0. The third-order valence-corrected chi connectivity index (χ3v) is 18.4. The first-order valence-corrected chi connectivity index (χ1v) is 42.2. The van der Waals surface area contributed by atoms with Gasteiger partial charge in [-0.05, 0) is 103 Å². The number of allylic oxidation sites excluding steroid dienone is 18. The van der Waals surface area contributed by atoms with Gasteiger partial charge in [0, 0.05) is 19.3 Å². The summed E-state index contributed by atoms with van der Waals surface area (Å²) in [7, 11) is -9.78. The molecule has 0 saturated heterocycles. The maximum Gasteiger partial charge on any atom is 0.472 e. The topological polar surface area (TPSA) is 231 Å². The molecule has 16 nitrogen and oxygen atoms in total. The Morgan fingerprint density at radius 2 is 0.535 bits per heavy atom. The van der Waals surface area contributed by atoms with Gasteiger partial charge in [0.15, 0.2) is 6.10 Å². The fourth-order valence-corrected chi connectivity index (χ4v) is 12.2. The maximum atomic E-state index is 12.9. The third-order valence-electron chi connectivity index (χ3n) is 16.5. The van der Waals surface area contributed by atoms with Crippen molar-refractivity contribution >= 4 is 33.6 Å². The number of ether oxygens (including phenoxy) is 3. The molecule has 0 radical (unpaired) electrons. The summed E-state index contributed by atoms with van der Waals surface area (Å²) in [5, 5.41) is 20.6. The van der Waals surface area contributed by atoms with E-state index in [9.17, 15) is 43.5 Å². The molecule has 0 aliphatic rings. The van der Waals surface area contributed by atoms with Crippen molar-refractivity contribution in [1.82, 2.24) is 0 Å². The average molecular weight is 1430 g/mol. The monoisotopic (exact) mass is 1430 g/mol. The largest absolute Gasteiger partial charge is 0.472 e. The van der Waals surface area contributed by atoms with Crippen molar-refractivity contribution < 1.29 is 75.8 Å². The fourth-order valence-electron chi connectivity index (χ4n) is 10.6. The van der Waals surface area contributed by atoms with E-state index in [1.807, 2.05) is 0 Å². The summed E-state index contributed by atoms with van der Waals surface area (Å²) >= 11 is 0. The van der Waals surface area contributed by atoms with Crippen LogP contribution in [0.1, 0.15) is 329 Å². The fraction of sp³-hybridized carbons (Fsp3) is 0.741. The SMILES string of the molecule is CC/C=C\C/C=C\C/C=C\C/C=C\C/C=C\C/C=C\CCCCCCCCCCCCCCCCC(=O)OCC(O)COP(=O)(O)OCC(O)COP(=O)(O)OCC(COC(=O)CCCCCCC/C=C\C/C=C\C/C=C\CC)OC(=O)CCCCCCCCCCCCCCCCC. The highest BCUT2D eigenvalue weighted by molar-refractivity contribution is 7.47. The Balaban J connectivity index is 4.40. The smallest absolute Gasteiger partial charge is 0.463 e. The van der Waals surface area contributed by atoms with E-state index >= 15 is 0 Å². The van der Waals surface area contributed by atoms with Gasteiger partial charge < -0.3 is 34.2 Å². The molecule has 0 spiro atoms. The molecule has 0 aromatic heterocycles. The average Bonchev–Trinajstić information content (AvgIpc) is 1.43. The van der Waals surface area contributed by atoms with E-state index in [0.29, 0.717) is 19.3 Å². The number of rotatable bonds is 74. The molecule has 0 aliphatic carbocycles. The lowest BCUT2D eigenvalue weighted by Crippen LogP contribution is -2.30. The van der Waals surface area contributed by atoms with Crippen LogP contribution in [0.2, 0.25) is 0 Å². The van der Waals surface area contributed by atoms with Gasteiger partial charge in [-0.25, -0.2) is 9.13 Å². The number of carbonyl (C=O) groups excluding carboxylic acids is 3. The lowest BCUT2D eigenvalue weighted by atomic mass is 10.0. The number of carbonyl (C=O) groups is 3. The van der Waals surface area contributed by atoms with Gasteiger partial charge in [0.05, 0.1) is 26.4 Å². The minimum atomic E-state index is -4.93. The molecule has 0 saturated carbocycles. The number of phosphoric acid groups is 2. The first-order valence-electron chi connectivity index (χ1n) is 39.2. The number of hydrogen-bond acceptors (Lipinski definition) is 14. The lowest BCUT2D eigenvalue weighted by Gasteiger charge is -2.21. The van der Waals surface area contributed by atoms with Crippen molar-refractivity contribution in [2.24, 2.45) is 0 Å². The molecule has 5 unspecified atom stereocenters. The number of phosphoric ester groups is 2. The van der Waals surface area contributed by atoms with Crippen LogP contribution in [0.5, 0.6) is 0 Å². The zero-order valence-electron chi connectivity index (χ0n) is 62.4. The first kappa shape index (κ1) is 95.2. The normalized spacial score (nSPS) is 14.6. The van der Waals surface area contributed by atoms with E-state index in [2.05, 4.69) is 130 Å². The number of aliphatic hydroxyl groups is 2. The molecule has 0 aromatic carbocycles. The zero-order valence-corrected chi connectivity index (χ0v) is 64.2. The Labute approximate surface area is 602 Å². The van der Waals surface area contributed by atoms with E-state index < -0.39 is 91.5 Å². The van der Waals surface area contributed by atoms with Gasteiger partial charge in [-0.15, -0.1) is 0 Å². The molecule has 572 valence electrons. The van der Waals surface area contributed by atoms with E-state index in [1.165, 1.54) is 128 Å². The molecular weight excluding hydrogens is 1290 g/mol. The van der Waals surface area contributed by atoms with Gasteiger partial charge in [-0.2, -0.15) is 0 Å². The molecule has 99 heavy (non-hydrogen) atoms. The van der Waals surface area contributed by atoms with Crippen molar-refractivity contribution in [2.75, 3.05) is 39.6 Å². The second-order valence-corrected chi connectivity index (χ2v) is 29.0. The van der Waals surface area contributed by atoms with Crippen LogP contribution in [0.15, 0.2) is 109 Å². The van der Waals surface area contributed by atoms with Gasteiger partial charge in [0.2, 0.25) is 0 Å². The minimum absolute atomic E-state index is 0.105. The van der Waals surface area contributed by atoms with Crippen LogP contribution in [0.25, 0.3) is 0 Å². The Kier molecular flexibility index (Phi) is 71.1. The Morgan fingerprint density at radius 1 is 0.293 bits per heavy atom. The molecule has 0 heterocycles. The second-order valence-electron chi connectivity index (χ2n) is 26.1. The Morgan fingerprint density at radius 3 is 0.848 bits per heavy atom. The van der Waals surface area contributed by atoms with Crippen LogP contribution in [0, 0.1) is 0 Å². The molecule has 0 aromatic rings.